The van der Waals surface area contributed by atoms with E-state index >= 15 is 4.39 Å². The quantitative estimate of drug-likeness (QED) is 0.158. The summed E-state index contributed by atoms with van der Waals surface area (Å²) in [6.07, 6.45) is 3.97. The van der Waals surface area contributed by atoms with Gasteiger partial charge >= 0.3 is 11.9 Å². The Morgan fingerprint density at radius 3 is 2.51 bits per heavy atom. The van der Waals surface area contributed by atoms with Crippen LogP contribution in [0.2, 0.25) is 5.02 Å². The molecule has 0 amide bonds. The summed E-state index contributed by atoms with van der Waals surface area (Å²) in [7, 11) is 0. The number of carbonyl (C=O) groups excluding carboxylic acids is 2. The van der Waals surface area contributed by atoms with Gasteiger partial charge in [-0.3, -0.25) is 14.5 Å². The summed E-state index contributed by atoms with van der Waals surface area (Å²) in [5, 5.41) is 7.12. The van der Waals surface area contributed by atoms with Gasteiger partial charge in [-0.15, -0.1) is 0 Å². The fourth-order valence-corrected chi connectivity index (χ4v) is 5.95. The number of hydrogen-bond acceptors (Lipinski definition) is 8. The van der Waals surface area contributed by atoms with Crippen LogP contribution in [0.4, 0.5) is 17.6 Å². The molecule has 0 saturated carbocycles. The van der Waals surface area contributed by atoms with E-state index < -0.39 is 51.6 Å². The van der Waals surface area contributed by atoms with Crippen molar-refractivity contribution >= 4 is 29.4 Å². The minimum atomic E-state index is -1.35. The van der Waals surface area contributed by atoms with Crippen LogP contribution in [-0.4, -0.2) is 45.8 Å². The highest BCUT2D eigenvalue weighted by Gasteiger charge is 2.39. The van der Waals surface area contributed by atoms with Crippen molar-refractivity contribution in [1.82, 2.24) is 20.1 Å². The molecule has 0 fully saturated rings. The fourth-order valence-electron chi connectivity index (χ4n) is 5.69. The molecule has 2 unspecified atom stereocenters. The number of aliphatic imine (C=N–C) groups is 1. The maximum Gasteiger partial charge on any atom is 0.338 e. The normalized spacial score (nSPS) is 17.7. The number of amidine groups is 1. The third kappa shape index (κ3) is 7.19. The van der Waals surface area contributed by atoms with Gasteiger partial charge in [0.15, 0.2) is 23.3 Å². The zero-order chi connectivity index (χ0) is 33.3. The number of halogens is 5. The Bertz CT molecular complexity index is 1760. The zero-order valence-corrected chi connectivity index (χ0v) is 26.4. The number of benzene rings is 1. The van der Waals surface area contributed by atoms with Crippen LogP contribution in [0.1, 0.15) is 70.1 Å². The second kappa shape index (κ2) is 14.2. The lowest BCUT2D eigenvalue weighted by atomic mass is 9.81. The Morgan fingerprint density at radius 2 is 1.83 bits per heavy atom. The van der Waals surface area contributed by atoms with Gasteiger partial charge in [-0.2, -0.15) is 5.10 Å². The van der Waals surface area contributed by atoms with Gasteiger partial charge < -0.3 is 14.8 Å². The van der Waals surface area contributed by atoms with E-state index in [2.05, 4.69) is 20.4 Å². The average molecular weight is 678 g/mol. The molecule has 0 bridgehead atoms. The van der Waals surface area contributed by atoms with Gasteiger partial charge in [-0.1, -0.05) is 25.1 Å². The molecule has 2 aliphatic rings. The number of pyridine rings is 1. The number of nitrogens with one attached hydrogen (secondary N) is 1. The summed E-state index contributed by atoms with van der Waals surface area (Å²) in [5.41, 5.74) is 0.680. The molecule has 2 aromatic heterocycles. The van der Waals surface area contributed by atoms with Crippen LogP contribution in [0.25, 0.3) is 0 Å². The van der Waals surface area contributed by atoms with Crippen LogP contribution in [0.5, 0.6) is 0 Å². The Morgan fingerprint density at radius 1 is 1.11 bits per heavy atom. The number of aryl methyl sites for hydroxylation is 1. The third-order valence-corrected chi connectivity index (χ3v) is 8.26. The molecule has 3 aromatic rings. The molecule has 5 rings (SSSR count). The first kappa shape index (κ1) is 35.6. The van der Waals surface area contributed by atoms with E-state index in [0.717, 1.165) is 23.5 Å². The smallest absolute Gasteiger partial charge is 0.338 e. The van der Waals surface area contributed by atoms with Gasteiger partial charge in [-0.25, -0.2) is 27.3 Å². The van der Waals surface area contributed by atoms with Crippen molar-refractivity contribution in [2.45, 2.75) is 67.0 Å². The lowest BCUT2D eigenvalue weighted by Gasteiger charge is -2.33. The summed E-state index contributed by atoms with van der Waals surface area (Å²) >= 11 is 6.26. The Hall–Kier alpha value is -4.26. The monoisotopic (exact) mass is 677 g/mol. The molecule has 47 heavy (non-hydrogen) atoms. The molecule has 1 aromatic carbocycles. The number of nitrogens with zero attached hydrogens (tertiary/aromatic N) is 4. The largest absolute Gasteiger partial charge is 0.466 e. The van der Waals surface area contributed by atoms with E-state index in [9.17, 15) is 22.8 Å². The lowest BCUT2D eigenvalue weighted by molar-refractivity contribution is -0.154. The number of carbonyl (C=O) groups is 2. The SMILES string of the molecule is C.CCOC(=O)C1=C(C2CCc3nn(CC(C)(C)C(=O)OCC)cc3C2)NC(c2ncc(F)cc2F)=NC1c1ccc(F)c(F)c1Cl. The van der Waals surface area contributed by atoms with E-state index in [1.807, 2.05) is 6.20 Å². The minimum absolute atomic E-state index is 0. The molecule has 14 heteroatoms. The molecular weight excluding hydrogens is 642 g/mol. The van der Waals surface area contributed by atoms with Crippen molar-refractivity contribution in [1.29, 1.82) is 0 Å². The lowest BCUT2D eigenvalue weighted by Crippen LogP contribution is -2.39. The number of rotatable bonds is 9. The van der Waals surface area contributed by atoms with Crippen LogP contribution in [0.3, 0.4) is 0 Å². The molecule has 3 heterocycles. The van der Waals surface area contributed by atoms with Crippen molar-refractivity contribution in [3.63, 3.8) is 0 Å². The number of aromatic nitrogens is 3. The molecule has 1 N–H and O–H groups in total. The van der Waals surface area contributed by atoms with Crippen LogP contribution >= 0.6 is 11.6 Å². The van der Waals surface area contributed by atoms with Gasteiger partial charge in [0.05, 0.1) is 47.7 Å². The number of fused-ring (bicyclic) bond motifs is 1. The average Bonchev–Trinajstić information content (AvgIpc) is 3.40. The van der Waals surface area contributed by atoms with Gasteiger partial charge in [0.2, 0.25) is 0 Å². The van der Waals surface area contributed by atoms with Crippen molar-refractivity contribution in [2.24, 2.45) is 16.3 Å². The first-order chi connectivity index (χ1) is 21.8. The van der Waals surface area contributed by atoms with Gasteiger partial charge in [-0.05, 0) is 58.6 Å². The summed E-state index contributed by atoms with van der Waals surface area (Å²) in [5.74, 6) is -6.21. The van der Waals surface area contributed by atoms with Gasteiger partial charge in [0.25, 0.3) is 0 Å². The number of esters is 2. The maximum atomic E-state index is 15.0. The highest BCUT2D eigenvalue weighted by Crippen LogP contribution is 2.41. The molecule has 0 radical (unpaired) electrons. The summed E-state index contributed by atoms with van der Waals surface area (Å²) < 4.78 is 69.9. The molecule has 9 nitrogen and oxygen atoms in total. The van der Waals surface area contributed by atoms with Crippen LogP contribution < -0.4 is 5.32 Å². The van der Waals surface area contributed by atoms with Crippen molar-refractivity contribution < 1.29 is 36.6 Å². The number of hydrogen-bond donors (Lipinski definition) is 1. The highest BCUT2D eigenvalue weighted by molar-refractivity contribution is 6.31. The Labute approximate surface area is 275 Å². The van der Waals surface area contributed by atoms with E-state index in [-0.39, 0.29) is 55.8 Å². The van der Waals surface area contributed by atoms with E-state index in [0.29, 0.717) is 31.0 Å². The first-order valence-electron chi connectivity index (χ1n) is 14.8. The predicted octanol–water partition coefficient (Wildman–Crippen LogP) is 6.43. The van der Waals surface area contributed by atoms with Gasteiger partial charge in [0.1, 0.15) is 17.6 Å². The zero-order valence-electron chi connectivity index (χ0n) is 25.6. The molecule has 1 aliphatic heterocycles. The Balaban J connectivity index is 0.00000500. The second-order valence-corrected chi connectivity index (χ2v) is 12.0. The maximum absolute atomic E-state index is 15.0. The minimum Gasteiger partial charge on any atom is -0.466 e. The van der Waals surface area contributed by atoms with Crippen LogP contribution in [0, 0.1) is 34.6 Å². The topological polar surface area (TPSA) is 108 Å². The standard InChI is InChI=1S/C32H32ClF4N5O4.CH4/c1-5-45-30(43)23-26(16-7-10-22-17(11-16)14-42(41-22)15-32(3,4)31(44)46-6-2)39-29(28-21(36)12-18(34)13-38-28)40-27(23)19-8-9-20(35)25(37)24(19)33;/h8-9,12-14,16,27H,5-7,10-11,15H2,1-4H3,(H,39,40);1H4. The predicted molar refractivity (Wildman–Crippen MR) is 166 cm³/mol. The first-order valence-corrected chi connectivity index (χ1v) is 15.2. The van der Waals surface area contributed by atoms with Gasteiger partial charge in [0, 0.05) is 29.4 Å². The number of allylic oxidation sites excluding steroid dienone is 1. The van der Waals surface area contributed by atoms with Crippen molar-refractivity contribution in [3.8, 4) is 0 Å². The van der Waals surface area contributed by atoms with Crippen molar-refractivity contribution in [2.75, 3.05) is 13.2 Å². The summed E-state index contributed by atoms with van der Waals surface area (Å²) in [4.78, 5) is 34.4. The van der Waals surface area contributed by atoms with E-state index in [1.54, 1.807) is 32.4 Å². The molecule has 0 spiro atoms. The molecule has 1 aliphatic carbocycles. The summed E-state index contributed by atoms with van der Waals surface area (Å²) in [6, 6.07) is 1.33. The number of ether oxygens (including phenoxy) is 2. The van der Waals surface area contributed by atoms with E-state index in [4.69, 9.17) is 21.1 Å². The molecule has 2 atom stereocenters. The molecule has 0 saturated heterocycles. The molecular formula is C33H36ClF4N5O4. The van der Waals surface area contributed by atoms with Crippen LogP contribution in [0.15, 0.2) is 46.9 Å². The Kier molecular flexibility index (Phi) is 10.8. The second-order valence-electron chi connectivity index (χ2n) is 11.6. The van der Waals surface area contributed by atoms with E-state index in [1.165, 1.54) is 6.07 Å². The third-order valence-electron chi connectivity index (χ3n) is 7.88. The summed E-state index contributed by atoms with van der Waals surface area (Å²) in [6.45, 7) is 7.40. The van der Waals surface area contributed by atoms with Crippen LogP contribution in [-0.2, 0) is 38.4 Å². The highest BCUT2D eigenvalue weighted by atomic mass is 35.5. The fraction of sp³-hybridized carbons (Fsp3) is 0.424. The van der Waals surface area contributed by atoms with Crippen molar-refractivity contribution in [3.05, 3.63) is 92.7 Å². The molecule has 252 valence electrons.